The van der Waals surface area contributed by atoms with E-state index in [0.29, 0.717) is 22.2 Å². The van der Waals surface area contributed by atoms with Gasteiger partial charge < -0.3 is 10.1 Å². The molecule has 1 heterocycles. The summed E-state index contributed by atoms with van der Waals surface area (Å²) >= 11 is 12.2. The van der Waals surface area contributed by atoms with Crippen molar-refractivity contribution in [3.63, 3.8) is 0 Å². The number of carbonyl (C=O) groups is 1. The van der Waals surface area contributed by atoms with Gasteiger partial charge in [-0.15, -0.1) is 0 Å². The highest BCUT2D eigenvalue weighted by molar-refractivity contribution is 6.36. The van der Waals surface area contributed by atoms with Gasteiger partial charge in [0.15, 0.2) is 0 Å². The molecule has 2 N–H and O–H groups in total. The van der Waals surface area contributed by atoms with Gasteiger partial charge in [0.25, 0.3) is 5.91 Å². The molecule has 1 aromatic heterocycles. The van der Waals surface area contributed by atoms with Crippen LogP contribution in [0.15, 0.2) is 48.5 Å². The molecule has 0 radical (unpaired) electrons. The molecule has 1 amide bonds. The van der Waals surface area contributed by atoms with E-state index in [4.69, 9.17) is 27.9 Å². The van der Waals surface area contributed by atoms with E-state index < -0.39 is 0 Å². The van der Waals surface area contributed by atoms with Crippen molar-refractivity contribution in [1.29, 1.82) is 0 Å². The molecule has 0 bridgehead atoms. The van der Waals surface area contributed by atoms with Crippen LogP contribution in [0.5, 0.6) is 0 Å². The Morgan fingerprint density at radius 1 is 1.19 bits per heavy atom. The summed E-state index contributed by atoms with van der Waals surface area (Å²) in [5, 5.41) is 11.3. The summed E-state index contributed by atoms with van der Waals surface area (Å²) in [6.07, 6.45) is 0. The first-order valence-corrected chi connectivity index (χ1v) is 9.14. The van der Waals surface area contributed by atoms with Gasteiger partial charge in [-0.3, -0.25) is 9.89 Å². The molecule has 0 spiro atoms. The first-order valence-electron chi connectivity index (χ1n) is 8.39. The minimum absolute atomic E-state index is 0.0554. The topological polar surface area (TPSA) is 67.0 Å². The van der Waals surface area contributed by atoms with Crippen LogP contribution in [0, 0.1) is 0 Å². The number of hydrogen-bond acceptors (Lipinski definition) is 3. The highest BCUT2D eigenvalue weighted by atomic mass is 35.5. The van der Waals surface area contributed by atoms with Gasteiger partial charge in [-0.05, 0) is 43.3 Å². The maximum Gasteiger partial charge on any atom is 0.251 e. The molecule has 5 nitrogen and oxygen atoms in total. The van der Waals surface area contributed by atoms with Crippen LogP contribution in [0.2, 0.25) is 10.0 Å². The Hall–Kier alpha value is -2.34. The number of carbonyl (C=O) groups excluding carboxylic acids is 1. The molecule has 0 unspecified atom stereocenters. The van der Waals surface area contributed by atoms with Gasteiger partial charge in [0.05, 0.1) is 23.0 Å². The number of methoxy groups -OCH3 is 1. The maximum atomic E-state index is 12.2. The molecule has 0 saturated carbocycles. The fourth-order valence-electron chi connectivity index (χ4n) is 2.71. The second-order valence-electron chi connectivity index (χ2n) is 6.20. The smallest absolute Gasteiger partial charge is 0.251 e. The lowest BCUT2D eigenvalue weighted by Gasteiger charge is -2.12. The Bertz CT molecular complexity index is 939. The molecule has 1 atom stereocenters. The monoisotopic (exact) mass is 403 g/mol. The van der Waals surface area contributed by atoms with E-state index in [1.807, 2.05) is 31.2 Å². The minimum atomic E-state index is -0.137. The number of nitrogens with one attached hydrogen (secondary N) is 2. The van der Waals surface area contributed by atoms with E-state index in [0.717, 1.165) is 22.5 Å². The largest absolute Gasteiger partial charge is 0.383 e. The molecule has 0 aliphatic rings. The van der Waals surface area contributed by atoms with E-state index in [2.05, 4.69) is 15.5 Å². The SMILES string of the molecule is COC[C@@H](C)NC(=O)c1ccc(-c2cc(-c3ccc(Cl)cc3Cl)[nH]n2)cc1. The molecule has 2 aromatic carbocycles. The second kappa shape index (κ2) is 8.57. The number of ether oxygens (including phenoxy) is 1. The molecule has 0 aliphatic carbocycles. The molecular formula is C20H19Cl2N3O2. The number of rotatable bonds is 6. The average Bonchev–Trinajstić information content (AvgIpc) is 3.11. The Balaban J connectivity index is 1.76. The first-order chi connectivity index (χ1) is 13.0. The Morgan fingerprint density at radius 3 is 2.59 bits per heavy atom. The Morgan fingerprint density at radius 2 is 1.93 bits per heavy atom. The van der Waals surface area contributed by atoms with E-state index >= 15 is 0 Å². The lowest BCUT2D eigenvalue weighted by Crippen LogP contribution is -2.35. The fourth-order valence-corrected chi connectivity index (χ4v) is 3.22. The van der Waals surface area contributed by atoms with Crippen LogP contribution in [0.4, 0.5) is 0 Å². The molecule has 0 aliphatic heterocycles. The second-order valence-corrected chi connectivity index (χ2v) is 7.04. The molecular weight excluding hydrogens is 385 g/mol. The van der Waals surface area contributed by atoms with Crippen LogP contribution in [-0.2, 0) is 4.74 Å². The van der Waals surface area contributed by atoms with Crippen LogP contribution >= 0.6 is 23.2 Å². The van der Waals surface area contributed by atoms with Gasteiger partial charge in [-0.1, -0.05) is 35.3 Å². The fraction of sp³-hybridized carbons (Fsp3) is 0.200. The van der Waals surface area contributed by atoms with Crippen molar-refractivity contribution >= 4 is 29.1 Å². The van der Waals surface area contributed by atoms with Crippen molar-refractivity contribution in [2.24, 2.45) is 0 Å². The lowest BCUT2D eigenvalue weighted by molar-refractivity contribution is 0.0905. The van der Waals surface area contributed by atoms with Crippen LogP contribution in [-0.4, -0.2) is 35.9 Å². The van der Waals surface area contributed by atoms with Crippen LogP contribution in [0.3, 0.4) is 0 Å². The van der Waals surface area contributed by atoms with Gasteiger partial charge >= 0.3 is 0 Å². The number of aromatic nitrogens is 2. The number of nitrogens with zero attached hydrogens (tertiary/aromatic N) is 1. The molecule has 0 fully saturated rings. The first kappa shape index (κ1) is 19.4. The minimum Gasteiger partial charge on any atom is -0.383 e. The summed E-state index contributed by atoms with van der Waals surface area (Å²) in [4.78, 5) is 12.2. The van der Waals surface area contributed by atoms with Gasteiger partial charge in [-0.2, -0.15) is 5.10 Å². The maximum absolute atomic E-state index is 12.2. The summed E-state index contributed by atoms with van der Waals surface area (Å²) in [5.41, 5.74) is 3.85. The predicted molar refractivity (Wildman–Crippen MR) is 108 cm³/mol. The summed E-state index contributed by atoms with van der Waals surface area (Å²) in [5.74, 6) is -0.137. The highest BCUT2D eigenvalue weighted by Gasteiger charge is 2.12. The summed E-state index contributed by atoms with van der Waals surface area (Å²) < 4.78 is 5.03. The van der Waals surface area contributed by atoms with Gasteiger partial charge in [0.1, 0.15) is 0 Å². The predicted octanol–water partition coefficient (Wildman–Crippen LogP) is 4.82. The zero-order chi connectivity index (χ0) is 19.4. The number of hydrogen-bond donors (Lipinski definition) is 2. The third kappa shape index (κ3) is 4.69. The van der Waals surface area contributed by atoms with Crippen LogP contribution in [0.1, 0.15) is 17.3 Å². The third-order valence-corrected chi connectivity index (χ3v) is 4.58. The lowest BCUT2D eigenvalue weighted by atomic mass is 10.1. The highest BCUT2D eigenvalue weighted by Crippen LogP contribution is 2.31. The zero-order valence-electron chi connectivity index (χ0n) is 14.9. The number of amides is 1. The molecule has 7 heteroatoms. The zero-order valence-corrected chi connectivity index (χ0v) is 16.4. The van der Waals surface area contributed by atoms with E-state index in [1.54, 1.807) is 31.4 Å². The average molecular weight is 404 g/mol. The number of aromatic amines is 1. The number of benzene rings is 2. The van der Waals surface area contributed by atoms with Crippen molar-refractivity contribution in [2.75, 3.05) is 13.7 Å². The van der Waals surface area contributed by atoms with Gasteiger partial charge in [-0.25, -0.2) is 0 Å². The third-order valence-electron chi connectivity index (χ3n) is 4.04. The van der Waals surface area contributed by atoms with Gasteiger partial charge in [0, 0.05) is 34.9 Å². The van der Waals surface area contributed by atoms with E-state index in [9.17, 15) is 4.79 Å². The summed E-state index contributed by atoms with van der Waals surface area (Å²) in [6, 6.07) is 14.4. The summed E-state index contributed by atoms with van der Waals surface area (Å²) in [6.45, 7) is 2.36. The van der Waals surface area contributed by atoms with Crippen molar-refractivity contribution in [3.05, 3.63) is 64.1 Å². The van der Waals surface area contributed by atoms with Crippen molar-refractivity contribution in [2.45, 2.75) is 13.0 Å². The van der Waals surface area contributed by atoms with Crippen LogP contribution < -0.4 is 5.32 Å². The van der Waals surface area contributed by atoms with Crippen LogP contribution in [0.25, 0.3) is 22.5 Å². The standard InChI is InChI=1S/C20H19Cl2N3O2/c1-12(11-27-2)23-20(26)14-5-3-13(4-6-14)18-10-19(25-24-18)16-8-7-15(21)9-17(16)22/h3-10,12H,11H2,1-2H3,(H,23,26)(H,24,25)/t12-/m1/s1. The number of H-pyrrole nitrogens is 1. The van der Waals surface area contributed by atoms with Gasteiger partial charge in [0.2, 0.25) is 0 Å². The van der Waals surface area contributed by atoms with Crippen molar-refractivity contribution < 1.29 is 9.53 Å². The molecule has 140 valence electrons. The van der Waals surface area contributed by atoms with E-state index in [-0.39, 0.29) is 11.9 Å². The van der Waals surface area contributed by atoms with Crippen molar-refractivity contribution in [3.8, 4) is 22.5 Å². The molecule has 3 aromatic rings. The Labute approximate surface area is 167 Å². The molecule has 3 rings (SSSR count). The van der Waals surface area contributed by atoms with Crippen molar-refractivity contribution in [1.82, 2.24) is 15.5 Å². The quantitative estimate of drug-likeness (QED) is 0.619. The molecule has 0 saturated heterocycles. The summed E-state index contributed by atoms with van der Waals surface area (Å²) in [7, 11) is 1.60. The Kier molecular flexibility index (Phi) is 6.16. The molecule has 27 heavy (non-hydrogen) atoms. The van der Waals surface area contributed by atoms with E-state index in [1.165, 1.54) is 0 Å². The number of halogens is 2. The normalized spacial score (nSPS) is 12.0.